The van der Waals surface area contributed by atoms with Crippen LogP contribution in [0.25, 0.3) is 6.08 Å². The van der Waals surface area contributed by atoms with Gasteiger partial charge in [0.15, 0.2) is 0 Å². The summed E-state index contributed by atoms with van der Waals surface area (Å²) in [4.78, 5) is 12.3. The molecule has 0 bridgehead atoms. The Kier molecular flexibility index (Phi) is 5.41. The van der Waals surface area contributed by atoms with Crippen LogP contribution in [0, 0.1) is 17.2 Å². The van der Waals surface area contributed by atoms with Crippen molar-refractivity contribution in [2.45, 2.75) is 32.3 Å². The zero-order valence-electron chi connectivity index (χ0n) is 13.6. The van der Waals surface area contributed by atoms with Gasteiger partial charge in [0, 0.05) is 18.8 Å². The van der Waals surface area contributed by atoms with E-state index in [4.69, 9.17) is 4.74 Å². The highest BCUT2D eigenvalue weighted by atomic mass is 16.6. The third kappa shape index (κ3) is 4.57. The highest BCUT2D eigenvalue weighted by Gasteiger charge is 2.36. The van der Waals surface area contributed by atoms with Crippen LogP contribution in [0.1, 0.15) is 32.3 Å². The molecule has 1 aromatic rings. The van der Waals surface area contributed by atoms with E-state index in [-0.39, 0.29) is 11.3 Å². The van der Waals surface area contributed by atoms with Gasteiger partial charge in [-0.25, -0.2) is 4.79 Å². The van der Waals surface area contributed by atoms with Gasteiger partial charge in [0.2, 0.25) is 0 Å². The van der Waals surface area contributed by atoms with E-state index in [2.05, 4.69) is 5.32 Å². The number of quaternary nitrogens is 1. The molecule has 0 atom stereocenters. The Bertz CT molecular complexity index is 638. The van der Waals surface area contributed by atoms with Crippen LogP contribution in [0.5, 0.6) is 5.75 Å². The molecule has 1 aliphatic rings. The van der Waals surface area contributed by atoms with Gasteiger partial charge in [-0.2, -0.15) is 5.26 Å². The summed E-state index contributed by atoms with van der Waals surface area (Å²) in [6.45, 7) is 5.89. The van der Waals surface area contributed by atoms with Gasteiger partial charge in [0.05, 0.1) is 13.1 Å². The van der Waals surface area contributed by atoms with E-state index in [0.717, 1.165) is 25.9 Å². The van der Waals surface area contributed by atoms with Crippen molar-refractivity contribution in [2.24, 2.45) is 5.92 Å². The van der Waals surface area contributed by atoms with Crippen LogP contribution >= 0.6 is 0 Å². The number of piperidine rings is 1. The average Bonchev–Trinajstić information content (AvgIpc) is 2.53. The summed E-state index contributed by atoms with van der Waals surface area (Å²) in [5.74, 6) is -0.226. The molecule has 122 valence electrons. The Morgan fingerprint density at radius 3 is 2.74 bits per heavy atom. The molecule has 5 nitrogen and oxygen atoms in total. The number of carbonyl (C=O) groups is 1. The Labute approximate surface area is 136 Å². The summed E-state index contributed by atoms with van der Waals surface area (Å²) >= 11 is 0. The second-order valence-electron chi connectivity index (χ2n) is 6.40. The van der Waals surface area contributed by atoms with E-state index in [1.165, 1.54) is 18.2 Å². The van der Waals surface area contributed by atoms with Crippen molar-refractivity contribution in [1.29, 1.82) is 5.26 Å². The summed E-state index contributed by atoms with van der Waals surface area (Å²) in [5.41, 5.74) is -0.0743. The number of nitrogens with zero attached hydrogens (tertiary/aromatic N) is 1. The number of hydrogen-bond acceptors (Lipinski definition) is 4. The first kappa shape index (κ1) is 17.0. The predicted octanol–water partition coefficient (Wildman–Crippen LogP) is 1.59. The fraction of sp³-hybridized carbons (Fsp3) is 0.444. The minimum absolute atomic E-state index is 0.0638. The number of aromatic hydroxyl groups is 1. The number of esters is 1. The molecule has 0 radical (unpaired) electrons. The van der Waals surface area contributed by atoms with Crippen molar-refractivity contribution in [3.8, 4) is 11.8 Å². The lowest BCUT2D eigenvalue weighted by Gasteiger charge is -2.35. The van der Waals surface area contributed by atoms with Crippen LogP contribution in [-0.4, -0.2) is 29.8 Å². The Balaban J connectivity index is 2.12. The van der Waals surface area contributed by atoms with Crippen LogP contribution in [-0.2, 0) is 9.53 Å². The van der Waals surface area contributed by atoms with Crippen LogP contribution in [0.4, 0.5) is 0 Å². The first-order valence-electron chi connectivity index (χ1n) is 7.88. The summed E-state index contributed by atoms with van der Waals surface area (Å²) in [6, 6.07) is 8.29. The highest BCUT2D eigenvalue weighted by molar-refractivity contribution is 5.98. The molecule has 1 fully saturated rings. The molecular weight excluding hydrogens is 292 g/mol. The van der Waals surface area contributed by atoms with Crippen molar-refractivity contribution < 1.29 is 20.0 Å². The smallest absolute Gasteiger partial charge is 0.349 e. The molecule has 1 aromatic carbocycles. The SMILES string of the molecule is CC(C)(OC(=O)/C(C#N)=C/c1cccc(O)c1)C1CC[NH2+]CC1. The number of ether oxygens (including phenoxy) is 1. The van der Waals surface area contributed by atoms with Crippen molar-refractivity contribution in [1.82, 2.24) is 0 Å². The van der Waals surface area contributed by atoms with E-state index in [1.54, 1.807) is 12.1 Å². The Hall–Kier alpha value is -2.32. The molecule has 5 heteroatoms. The highest BCUT2D eigenvalue weighted by Crippen LogP contribution is 2.29. The maximum atomic E-state index is 12.3. The number of phenols is 1. The van der Waals surface area contributed by atoms with E-state index < -0.39 is 11.6 Å². The molecule has 0 unspecified atom stereocenters. The van der Waals surface area contributed by atoms with Gasteiger partial charge in [-0.1, -0.05) is 12.1 Å². The molecule has 0 amide bonds. The normalized spacial score (nSPS) is 16.7. The topological polar surface area (TPSA) is 86.9 Å². The fourth-order valence-corrected chi connectivity index (χ4v) is 2.92. The number of phenolic OH excluding ortho intramolecular Hbond substituents is 1. The van der Waals surface area contributed by atoms with Crippen LogP contribution in [0.2, 0.25) is 0 Å². The maximum absolute atomic E-state index is 12.3. The van der Waals surface area contributed by atoms with E-state index in [9.17, 15) is 15.2 Å². The number of benzene rings is 1. The minimum atomic E-state index is -0.615. The lowest BCUT2D eigenvalue weighted by Crippen LogP contribution is -2.86. The van der Waals surface area contributed by atoms with Crippen LogP contribution in [0.3, 0.4) is 0 Å². The molecular formula is C18H23N2O3+. The first-order valence-corrected chi connectivity index (χ1v) is 7.88. The van der Waals surface area contributed by atoms with Gasteiger partial charge in [0.1, 0.15) is 23.0 Å². The lowest BCUT2D eigenvalue weighted by molar-refractivity contribution is -0.665. The van der Waals surface area contributed by atoms with Gasteiger partial charge in [-0.15, -0.1) is 0 Å². The lowest BCUT2D eigenvalue weighted by atomic mass is 9.83. The fourth-order valence-electron chi connectivity index (χ4n) is 2.92. The summed E-state index contributed by atoms with van der Waals surface area (Å²) in [7, 11) is 0. The molecule has 1 aliphatic heterocycles. The third-order valence-corrected chi connectivity index (χ3v) is 4.30. The van der Waals surface area contributed by atoms with Gasteiger partial charge in [-0.05, 0) is 37.6 Å². The molecule has 3 N–H and O–H groups in total. The zero-order valence-corrected chi connectivity index (χ0v) is 13.6. The molecule has 0 aliphatic carbocycles. The van der Waals surface area contributed by atoms with Crippen LogP contribution < -0.4 is 5.32 Å². The van der Waals surface area contributed by atoms with Crippen molar-refractivity contribution in [3.05, 3.63) is 35.4 Å². The number of nitriles is 1. The molecule has 2 rings (SSSR count). The molecule has 23 heavy (non-hydrogen) atoms. The van der Waals surface area contributed by atoms with E-state index in [1.807, 2.05) is 19.9 Å². The monoisotopic (exact) mass is 315 g/mol. The summed E-state index contributed by atoms with van der Waals surface area (Å²) < 4.78 is 5.63. The van der Waals surface area contributed by atoms with Crippen molar-refractivity contribution in [2.75, 3.05) is 13.1 Å². The predicted molar refractivity (Wildman–Crippen MR) is 86.3 cm³/mol. The van der Waals surface area contributed by atoms with Crippen molar-refractivity contribution >= 4 is 12.0 Å². The largest absolute Gasteiger partial charge is 0.508 e. The standard InChI is InChI=1S/C18H22N2O3/c1-18(2,15-6-8-20-9-7-15)23-17(22)14(12-19)10-13-4-3-5-16(21)11-13/h3-5,10-11,15,20-21H,6-9H2,1-2H3/p+1/b14-10+. The quantitative estimate of drug-likeness (QED) is 0.502. The average molecular weight is 315 g/mol. The minimum Gasteiger partial charge on any atom is -0.508 e. The van der Waals surface area contributed by atoms with E-state index in [0.29, 0.717) is 11.5 Å². The summed E-state index contributed by atoms with van der Waals surface area (Å²) in [5, 5.41) is 21.0. The van der Waals surface area contributed by atoms with Gasteiger partial charge < -0.3 is 15.2 Å². The molecule has 0 saturated carbocycles. The first-order chi connectivity index (χ1) is 10.9. The molecule has 0 spiro atoms. The Morgan fingerprint density at radius 1 is 1.43 bits per heavy atom. The number of hydrogen-bond donors (Lipinski definition) is 2. The second-order valence-corrected chi connectivity index (χ2v) is 6.40. The number of carbonyl (C=O) groups excluding carboxylic acids is 1. The molecule has 1 saturated heterocycles. The van der Waals surface area contributed by atoms with Crippen LogP contribution in [0.15, 0.2) is 29.8 Å². The summed E-state index contributed by atoms with van der Waals surface area (Å²) in [6.07, 6.45) is 3.43. The molecule has 1 heterocycles. The number of rotatable bonds is 4. The van der Waals surface area contributed by atoms with Gasteiger partial charge in [0.25, 0.3) is 0 Å². The second kappa shape index (κ2) is 7.30. The Morgan fingerprint density at radius 2 is 2.13 bits per heavy atom. The zero-order chi connectivity index (χ0) is 16.9. The van der Waals surface area contributed by atoms with E-state index >= 15 is 0 Å². The molecule has 0 aromatic heterocycles. The van der Waals surface area contributed by atoms with Gasteiger partial charge in [-0.3, -0.25) is 0 Å². The maximum Gasteiger partial charge on any atom is 0.349 e. The van der Waals surface area contributed by atoms with Crippen molar-refractivity contribution in [3.63, 3.8) is 0 Å². The third-order valence-electron chi connectivity index (χ3n) is 4.30. The number of nitrogens with two attached hydrogens (primary N) is 1. The van der Waals surface area contributed by atoms with Gasteiger partial charge >= 0.3 is 5.97 Å².